The molecule has 0 N–H and O–H groups in total. The minimum absolute atomic E-state index is 0. The third-order valence-corrected chi connectivity index (χ3v) is 1.01. The predicted molar refractivity (Wildman–Crippen MR) is 54.8 cm³/mol. The Morgan fingerprint density at radius 3 is 1.06 bits per heavy atom. The number of hydrogen-bond donors (Lipinski definition) is 0. The molecule has 0 atom stereocenters. The van der Waals surface area contributed by atoms with E-state index in [2.05, 4.69) is 51.4 Å². The maximum Gasteiger partial charge on any atom is 0 e. The zero-order valence-electron chi connectivity index (χ0n) is 9.38. The zero-order valence-corrected chi connectivity index (χ0v) is 11.5. The van der Waals surface area contributed by atoms with Gasteiger partial charge in [-0.2, -0.15) is 0 Å². The molecule has 0 heterocycles. The maximum atomic E-state index is 7.50. The van der Waals surface area contributed by atoms with Gasteiger partial charge in [0.25, 0.3) is 0 Å². The predicted octanol–water partition coefficient (Wildman–Crippen LogP) is 0.319. The third-order valence-electron chi connectivity index (χ3n) is 0.530. The molecule has 0 spiro atoms. The molecule has 0 saturated carbocycles. The molecule has 0 aliphatic heterocycles. The molecule has 0 aromatic carbocycles. The van der Waals surface area contributed by atoms with E-state index in [1.165, 1.54) is 0 Å². The van der Waals surface area contributed by atoms with Crippen LogP contribution in [0.25, 0.3) is 0 Å². The van der Waals surface area contributed by atoms with Gasteiger partial charge < -0.3 is 4.90 Å². The molecule has 8 heteroatoms. The smallest absolute Gasteiger partial charge is 0 e. The molecular weight excluding hydrogens is 298 g/mol. The summed E-state index contributed by atoms with van der Waals surface area (Å²) in [6.45, 7) is 22.5. The first-order valence-electron chi connectivity index (χ1n) is 2.88. The normalized spacial score (nSPS) is 3.28. The molecule has 18 heavy (non-hydrogen) atoms. The van der Waals surface area contributed by atoms with Crippen LogP contribution in [-0.4, -0.2) is 24.0 Å². The first-order chi connectivity index (χ1) is 8.18. The fourth-order valence-electron chi connectivity index (χ4n) is 0.129. The van der Waals surface area contributed by atoms with E-state index in [9.17, 15) is 0 Å². The molecule has 0 amide bonds. The van der Waals surface area contributed by atoms with E-state index < -0.39 is 0 Å². The molecule has 0 aromatic rings. The van der Waals surface area contributed by atoms with E-state index in [1.54, 1.807) is 4.90 Å². The molecule has 94 valence electrons. The number of rotatable bonds is 0. The molecule has 0 aliphatic rings. The summed E-state index contributed by atoms with van der Waals surface area (Å²) in [7, 11) is 3.64. The zero-order chi connectivity index (χ0) is 15.9. The first kappa shape index (κ1) is 43.8. The average Bonchev–Trinajstić information content (AvgIpc) is 2.48. The number of thiocarbonyl (C=S) groups is 1. The Bertz CT molecular complexity index is 251. The summed E-state index contributed by atoms with van der Waals surface area (Å²) in [5.74, 6) is 2.32. The van der Waals surface area contributed by atoms with Crippen LogP contribution in [0.3, 0.4) is 0 Å². The van der Waals surface area contributed by atoms with Crippen molar-refractivity contribution in [3.8, 4) is 12.3 Å². The number of nitrogens with zero attached hydrogens (tertiary/aromatic N) is 1. The van der Waals surface area contributed by atoms with Crippen LogP contribution in [0.1, 0.15) is 0 Å². The minimum atomic E-state index is 0. The Hall–Kier alpha value is -1.32. The van der Waals surface area contributed by atoms with Gasteiger partial charge in [-0.05, 0) is 5.92 Å². The summed E-state index contributed by atoms with van der Waals surface area (Å²) in [6, 6.07) is 0. The van der Waals surface area contributed by atoms with Gasteiger partial charge in [-0.3, -0.25) is 0 Å². The van der Waals surface area contributed by atoms with Gasteiger partial charge >= 0.3 is 56.5 Å². The molecule has 0 aliphatic carbocycles. The van der Waals surface area contributed by atoms with Gasteiger partial charge in [0.15, 0.2) is 4.99 Å². The monoisotopic (exact) mass is 305 g/mol. The van der Waals surface area contributed by atoms with Crippen LogP contribution in [0.2, 0.25) is 0 Å². The molecule has 6 nitrogen and oxygen atoms in total. The van der Waals surface area contributed by atoms with Crippen molar-refractivity contribution in [3.63, 3.8) is 0 Å². The fraction of sp³-hybridized carbons (Fsp3) is 0.200. The van der Waals surface area contributed by atoms with Crippen LogP contribution in [0.4, 0.5) is 0 Å². The van der Waals surface area contributed by atoms with Crippen molar-refractivity contribution in [2.75, 3.05) is 14.1 Å². The van der Waals surface area contributed by atoms with E-state index in [-0.39, 0.29) is 17.4 Å². The molecule has 0 radical (unpaired) electrons. The van der Waals surface area contributed by atoms with Gasteiger partial charge in [0.1, 0.15) is 0 Å². The molecule has 0 bridgehead atoms. The number of terminal acetylenes is 1. The topological polar surface area (TPSA) is 103 Å². The average molecular weight is 305 g/mol. The summed E-state index contributed by atoms with van der Waals surface area (Å²) in [6.07, 6.45) is 4.94. The standard InChI is InChI=1S/C5H7NS.5CO.Cr/c1-4-5(7)6(2)3;5*1-2;/h1H,2-3H3;;;;;;. The Balaban J connectivity index is -0.0000000189. The van der Waals surface area contributed by atoms with Gasteiger partial charge in [0, 0.05) is 31.5 Å². The van der Waals surface area contributed by atoms with E-state index in [0.29, 0.717) is 4.99 Å². The first-order valence-corrected chi connectivity index (χ1v) is 3.29. The van der Waals surface area contributed by atoms with Gasteiger partial charge in [0.2, 0.25) is 0 Å². The Morgan fingerprint density at radius 1 is 0.889 bits per heavy atom. The van der Waals surface area contributed by atoms with Crippen molar-refractivity contribution in [1.29, 1.82) is 0 Å². The van der Waals surface area contributed by atoms with E-state index in [0.717, 1.165) is 0 Å². The van der Waals surface area contributed by atoms with Crippen molar-refractivity contribution >= 4 is 17.2 Å². The van der Waals surface area contributed by atoms with Crippen LogP contribution in [0.5, 0.6) is 0 Å². The van der Waals surface area contributed by atoms with Gasteiger partial charge in [-0.15, -0.1) is 6.42 Å². The molecule has 0 fully saturated rings. The summed E-state index contributed by atoms with van der Waals surface area (Å²) >= 11 is 4.67. The largest absolute Gasteiger partial charge is 0 e. The second-order valence-electron chi connectivity index (χ2n) is 1.34. The Labute approximate surface area is 122 Å². The summed E-state index contributed by atoms with van der Waals surface area (Å²) < 4.78 is 37.5. The maximum absolute atomic E-state index is 7.50. The summed E-state index contributed by atoms with van der Waals surface area (Å²) in [5.41, 5.74) is 0. The van der Waals surface area contributed by atoms with E-state index in [1.807, 2.05) is 14.1 Å². The van der Waals surface area contributed by atoms with Crippen molar-refractivity contribution in [1.82, 2.24) is 4.90 Å². The van der Waals surface area contributed by atoms with Crippen LogP contribution < -0.4 is 0 Å². The van der Waals surface area contributed by atoms with Crippen LogP contribution in [0, 0.1) is 45.6 Å². The molecule has 0 rings (SSSR count). The molecule has 0 unspecified atom stereocenters. The summed E-state index contributed by atoms with van der Waals surface area (Å²) in [5, 5.41) is 0. The quantitative estimate of drug-likeness (QED) is 0.278. The van der Waals surface area contributed by atoms with E-state index >= 15 is 0 Å². The van der Waals surface area contributed by atoms with Crippen LogP contribution in [0.15, 0.2) is 0 Å². The van der Waals surface area contributed by atoms with Crippen molar-refractivity contribution < 1.29 is 40.6 Å². The van der Waals surface area contributed by atoms with Crippen molar-refractivity contribution in [3.05, 3.63) is 33.3 Å². The Kier molecular flexibility index (Phi) is 255. The minimum Gasteiger partial charge on any atom is 0 e. The second-order valence-corrected chi connectivity index (χ2v) is 1.73. The van der Waals surface area contributed by atoms with Crippen LogP contribution in [-0.2, 0) is 40.6 Å². The van der Waals surface area contributed by atoms with Gasteiger partial charge in [-0.1, -0.05) is 12.2 Å². The molecule has 0 aromatic heterocycles. The second kappa shape index (κ2) is 105. The van der Waals surface area contributed by atoms with Gasteiger partial charge in [0.05, 0.1) is 0 Å². The van der Waals surface area contributed by atoms with Crippen LogP contribution >= 0.6 is 12.2 Å². The third kappa shape index (κ3) is 125. The SMILES string of the molecule is C#CC(=S)N(C)C.[C-]#[O+].[C-]#[O+].[C-]#[O+].[C-]#[O+].[C-]#[O+].[Cr]. The molecule has 0 saturated heterocycles. The summed E-state index contributed by atoms with van der Waals surface area (Å²) in [4.78, 5) is 2.26. The van der Waals surface area contributed by atoms with Crippen molar-refractivity contribution in [2.45, 2.75) is 0 Å². The fourth-order valence-corrected chi connectivity index (χ4v) is 0.129. The van der Waals surface area contributed by atoms with Gasteiger partial charge in [-0.25, -0.2) is 0 Å². The molecular formula is C10H7CrNO5S. The number of hydrogen-bond acceptors (Lipinski definition) is 1. The van der Waals surface area contributed by atoms with Crippen molar-refractivity contribution in [2.24, 2.45) is 0 Å². The van der Waals surface area contributed by atoms with E-state index in [4.69, 9.17) is 29.7 Å². The Morgan fingerprint density at radius 2 is 1.06 bits per heavy atom.